The van der Waals surface area contributed by atoms with E-state index >= 15 is 0 Å². The van der Waals surface area contributed by atoms with Crippen LogP contribution in [0.1, 0.15) is 23.4 Å². The maximum atomic E-state index is 12.7. The zero-order valence-corrected chi connectivity index (χ0v) is 15.6. The summed E-state index contributed by atoms with van der Waals surface area (Å²) in [4.78, 5) is 0.214. The van der Waals surface area contributed by atoms with E-state index in [0.29, 0.717) is 42.3 Å². The molecule has 1 saturated heterocycles. The van der Waals surface area contributed by atoms with Crippen molar-refractivity contribution in [3.05, 3.63) is 28.8 Å². The van der Waals surface area contributed by atoms with E-state index in [9.17, 15) is 13.5 Å². The van der Waals surface area contributed by atoms with Gasteiger partial charge in [-0.3, -0.25) is 0 Å². The number of methoxy groups -OCH3 is 1. The largest absolute Gasteiger partial charge is 0.392 e. The van der Waals surface area contributed by atoms with Gasteiger partial charge in [0, 0.05) is 32.2 Å². The number of aliphatic hydroxyl groups excluding tert-OH is 1. The van der Waals surface area contributed by atoms with Gasteiger partial charge in [0.05, 0.1) is 18.1 Å². The molecule has 0 unspecified atom stereocenters. The van der Waals surface area contributed by atoms with Gasteiger partial charge in [-0.15, -0.1) is 10.2 Å². The summed E-state index contributed by atoms with van der Waals surface area (Å²) >= 11 is 1.42. The highest BCUT2D eigenvalue weighted by Crippen LogP contribution is 2.30. The molecular formula is C16H21N3O4S2. The highest BCUT2D eigenvalue weighted by atomic mass is 32.2. The minimum Gasteiger partial charge on any atom is -0.392 e. The fraction of sp³-hybridized carbons (Fsp3) is 0.500. The standard InChI is InChI=1S/C16H21N3O4S2/c1-23-9-6-15-17-18-16(24-15)14-5-4-13(10-12(14)11-20)25(21,22)19-7-2-3-8-19/h4-5,10,20H,2-3,6-9,11H2,1H3. The average Bonchev–Trinajstić information content (AvgIpc) is 3.31. The lowest BCUT2D eigenvalue weighted by atomic mass is 10.1. The van der Waals surface area contributed by atoms with Crippen LogP contribution in [0.25, 0.3) is 10.6 Å². The molecule has 9 heteroatoms. The first kappa shape index (κ1) is 18.4. The number of hydrogen-bond donors (Lipinski definition) is 1. The Morgan fingerprint density at radius 2 is 2.04 bits per heavy atom. The van der Waals surface area contributed by atoms with E-state index in [0.717, 1.165) is 17.8 Å². The second-order valence-corrected chi connectivity index (χ2v) is 8.83. The van der Waals surface area contributed by atoms with Gasteiger partial charge in [-0.2, -0.15) is 4.31 Å². The number of rotatable bonds is 7. The summed E-state index contributed by atoms with van der Waals surface area (Å²) in [5.74, 6) is 0. The molecular weight excluding hydrogens is 362 g/mol. The van der Waals surface area contributed by atoms with Crippen LogP contribution in [0.15, 0.2) is 23.1 Å². The summed E-state index contributed by atoms with van der Waals surface area (Å²) in [6.07, 6.45) is 2.45. The van der Waals surface area contributed by atoms with E-state index in [-0.39, 0.29) is 11.5 Å². The molecule has 1 aliphatic rings. The Hall–Kier alpha value is -1.39. The van der Waals surface area contributed by atoms with Gasteiger partial charge in [-0.25, -0.2) is 8.42 Å². The lowest BCUT2D eigenvalue weighted by Gasteiger charge is -2.16. The van der Waals surface area contributed by atoms with Crippen molar-refractivity contribution in [3.8, 4) is 10.6 Å². The van der Waals surface area contributed by atoms with Crippen molar-refractivity contribution in [2.75, 3.05) is 26.8 Å². The van der Waals surface area contributed by atoms with E-state index in [2.05, 4.69) is 10.2 Å². The number of benzene rings is 1. The second kappa shape index (κ2) is 7.88. The number of hydrogen-bond acceptors (Lipinski definition) is 7. The Morgan fingerprint density at radius 3 is 2.72 bits per heavy atom. The van der Waals surface area contributed by atoms with E-state index in [1.54, 1.807) is 25.3 Å². The van der Waals surface area contributed by atoms with Crippen LogP contribution in [0.5, 0.6) is 0 Å². The molecule has 7 nitrogen and oxygen atoms in total. The van der Waals surface area contributed by atoms with E-state index in [1.807, 2.05) is 0 Å². The molecule has 2 heterocycles. The molecule has 0 saturated carbocycles. The minimum atomic E-state index is -3.50. The third-order valence-corrected chi connectivity index (χ3v) is 7.08. The monoisotopic (exact) mass is 383 g/mol. The zero-order chi connectivity index (χ0) is 17.9. The Labute approximate surface area is 151 Å². The lowest BCUT2D eigenvalue weighted by Crippen LogP contribution is -2.27. The summed E-state index contributed by atoms with van der Waals surface area (Å²) in [7, 11) is -1.87. The number of nitrogens with zero attached hydrogens (tertiary/aromatic N) is 3. The first-order valence-corrected chi connectivity index (χ1v) is 10.4. The van der Waals surface area contributed by atoms with Crippen LogP contribution in [-0.4, -0.2) is 54.8 Å². The molecule has 0 radical (unpaired) electrons. The molecule has 0 bridgehead atoms. The van der Waals surface area contributed by atoms with Crippen LogP contribution in [-0.2, 0) is 27.8 Å². The number of aliphatic hydroxyl groups is 1. The predicted molar refractivity (Wildman–Crippen MR) is 94.8 cm³/mol. The number of aromatic nitrogens is 2. The van der Waals surface area contributed by atoms with Gasteiger partial charge in [0.1, 0.15) is 10.0 Å². The normalized spacial score (nSPS) is 15.8. The van der Waals surface area contributed by atoms with E-state index in [1.165, 1.54) is 15.6 Å². The van der Waals surface area contributed by atoms with Gasteiger partial charge in [-0.05, 0) is 30.5 Å². The minimum absolute atomic E-state index is 0.214. The van der Waals surface area contributed by atoms with Crippen LogP contribution in [0, 0.1) is 0 Å². The van der Waals surface area contributed by atoms with Crippen molar-refractivity contribution in [2.24, 2.45) is 0 Å². The Kier molecular flexibility index (Phi) is 5.80. The van der Waals surface area contributed by atoms with Crippen LogP contribution >= 0.6 is 11.3 Å². The maximum absolute atomic E-state index is 12.7. The Bertz CT molecular complexity index is 830. The molecule has 136 valence electrons. The van der Waals surface area contributed by atoms with Gasteiger partial charge in [0.25, 0.3) is 0 Å². The zero-order valence-electron chi connectivity index (χ0n) is 14.0. The molecule has 1 aromatic carbocycles. The van der Waals surface area contributed by atoms with Gasteiger partial charge in [-0.1, -0.05) is 17.4 Å². The van der Waals surface area contributed by atoms with Crippen LogP contribution in [0.2, 0.25) is 0 Å². The number of ether oxygens (including phenoxy) is 1. The van der Waals surface area contributed by atoms with Crippen LogP contribution in [0.4, 0.5) is 0 Å². The highest BCUT2D eigenvalue weighted by Gasteiger charge is 2.28. The molecule has 3 rings (SSSR count). The third kappa shape index (κ3) is 3.90. The number of sulfonamides is 1. The fourth-order valence-electron chi connectivity index (χ4n) is 2.80. The fourth-order valence-corrected chi connectivity index (χ4v) is 5.25. The van der Waals surface area contributed by atoms with Gasteiger partial charge in [0.15, 0.2) is 0 Å². The first-order valence-electron chi connectivity index (χ1n) is 8.12. The maximum Gasteiger partial charge on any atom is 0.243 e. The summed E-state index contributed by atoms with van der Waals surface area (Å²) in [5.41, 5.74) is 1.25. The SMILES string of the molecule is COCCc1nnc(-c2ccc(S(=O)(=O)N3CCCC3)cc2CO)s1. The molecule has 0 atom stereocenters. The Balaban J connectivity index is 1.91. The molecule has 25 heavy (non-hydrogen) atoms. The summed E-state index contributed by atoms with van der Waals surface area (Å²) in [6.45, 7) is 1.41. The smallest absolute Gasteiger partial charge is 0.243 e. The van der Waals surface area contributed by atoms with Crippen LogP contribution in [0.3, 0.4) is 0 Å². The molecule has 2 aromatic rings. The van der Waals surface area contributed by atoms with E-state index < -0.39 is 10.0 Å². The van der Waals surface area contributed by atoms with Crippen molar-refractivity contribution in [1.82, 2.24) is 14.5 Å². The molecule has 0 spiro atoms. The molecule has 0 amide bonds. The summed E-state index contributed by atoms with van der Waals surface area (Å²) in [6, 6.07) is 4.83. The van der Waals surface area contributed by atoms with Crippen molar-refractivity contribution < 1.29 is 18.3 Å². The summed E-state index contributed by atoms with van der Waals surface area (Å²) in [5, 5.41) is 19.5. The average molecular weight is 383 g/mol. The molecule has 1 aromatic heterocycles. The summed E-state index contributed by atoms with van der Waals surface area (Å²) < 4.78 is 31.9. The molecule has 1 fully saturated rings. The second-order valence-electron chi connectivity index (χ2n) is 5.83. The highest BCUT2D eigenvalue weighted by molar-refractivity contribution is 7.89. The molecule has 0 aliphatic carbocycles. The van der Waals surface area contributed by atoms with Gasteiger partial charge >= 0.3 is 0 Å². The van der Waals surface area contributed by atoms with Crippen LogP contribution < -0.4 is 0 Å². The lowest BCUT2D eigenvalue weighted by molar-refractivity contribution is 0.202. The van der Waals surface area contributed by atoms with Gasteiger partial charge in [0.2, 0.25) is 10.0 Å². The van der Waals surface area contributed by atoms with Crippen molar-refractivity contribution in [2.45, 2.75) is 30.8 Å². The van der Waals surface area contributed by atoms with Crippen molar-refractivity contribution >= 4 is 21.4 Å². The van der Waals surface area contributed by atoms with Gasteiger partial charge < -0.3 is 9.84 Å². The van der Waals surface area contributed by atoms with Crippen molar-refractivity contribution in [3.63, 3.8) is 0 Å². The first-order chi connectivity index (χ1) is 12.1. The molecule has 1 N–H and O–H groups in total. The topological polar surface area (TPSA) is 92.6 Å². The Morgan fingerprint density at radius 1 is 1.28 bits per heavy atom. The van der Waals surface area contributed by atoms with E-state index in [4.69, 9.17) is 4.74 Å². The third-order valence-electron chi connectivity index (χ3n) is 4.17. The predicted octanol–water partition coefficient (Wildman–Crippen LogP) is 1.67. The molecule has 1 aliphatic heterocycles. The quantitative estimate of drug-likeness (QED) is 0.782. The van der Waals surface area contributed by atoms with Crippen molar-refractivity contribution in [1.29, 1.82) is 0 Å².